The highest BCUT2D eigenvalue weighted by Gasteiger charge is 2.41. The molecule has 3 rings (SSSR count). The van der Waals surface area contributed by atoms with Crippen LogP contribution in [0.4, 0.5) is 4.79 Å². The fraction of sp³-hybridized carbons (Fsp3) is 0.824. The number of carbonyl (C=O) groups excluding carboxylic acids is 1. The van der Waals surface area contributed by atoms with E-state index in [0.29, 0.717) is 31.7 Å². The highest BCUT2D eigenvalue weighted by molar-refractivity contribution is 5.68. The van der Waals surface area contributed by atoms with Gasteiger partial charge in [0.05, 0.1) is 19.3 Å². The Hall–Kier alpha value is -1.07. The summed E-state index contributed by atoms with van der Waals surface area (Å²) in [5.41, 5.74) is -0.455. The third kappa shape index (κ3) is 3.46. The van der Waals surface area contributed by atoms with Gasteiger partial charge in [0.2, 0.25) is 0 Å². The van der Waals surface area contributed by atoms with Crippen LogP contribution in [0.3, 0.4) is 0 Å². The molecule has 0 aromatic carbocycles. The number of amides is 1. The van der Waals surface area contributed by atoms with E-state index < -0.39 is 5.60 Å². The summed E-state index contributed by atoms with van der Waals surface area (Å²) in [5, 5.41) is 3.63. The molecule has 2 fully saturated rings. The molecule has 5 nitrogen and oxygen atoms in total. The lowest BCUT2D eigenvalue weighted by molar-refractivity contribution is -0.0336. The molecule has 0 radical (unpaired) electrons. The van der Waals surface area contributed by atoms with E-state index in [4.69, 9.17) is 9.47 Å². The van der Waals surface area contributed by atoms with E-state index in [-0.39, 0.29) is 12.1 Å². The first-order valence-corrected chi connectivity index (χ1v) is 8.41. The Morgan fingerprint density at radius 2 is 2.27 bits per heavy atom. The van der Waals surface area contributed by atoms with Crippen LogP contribution in [0.5, 0.6) is 0 Å². The molecule has 4 atom stereocenters. The zero-order valence-corrected chi connectivity index (χ0v) is 13.9. The Bertz CT molecular complexity index is 444. The monoisotopic (exact) mass is 308 g/mol. The second-order valence-electron chi connectivity index (χ2n) is 7.65. The lowest BCUT2D eigenvalue weighted by atomic mass is 9.71. The van der Waals surface area contributed by atoms with Crippen LogP contribution in [-0.2, 0) is 9.47 Å². The fourth-order valence-corrected chi connectivity index (χ4v) is 3.62. The van der Waals surface area contributed by atoms with Crippen LogP contribution in [0.2, 0.25) is 0 Å². The molecule has 0 aromatic heterocycles. The molecule has 1 heterocycles. The standard InChI is InChI=1S/C17H28N2O3/c1-17(2,3)22-16(20)19-7-8-21-11-13(19)10-18-15-9-12-5-4-6-14(12)15/h4,6,12-15,18H,5,7-11H2,1-3H3. The van der Waals surface area contributed by atoms with Gasteiger partial charge in [0.15, 0.2) is 0 Å². The lowest BCUT2D eigenvalue weighted by Crippen LogP contribution is -2.57. The van der Waals surface area contributed by atoms with Crippen molar-refractivity contribution in [3.63, 3.8) is 0 Å². The number of rotatable bonds is 3. The normalized spacial score (nSPS) is 34.2. The zero-order valence-electron chi connectivity index (χ0n) is 13.9. The lowest BCUT2D eigenvalue weighted by Gasteiger charge is -2.43. The molecule has 0 spiro atoms. The second kappa shape index (κ2) is 6.20. The van der Waals surface area contributed by atoms with Gasteiger partial charge in [-0.25, -0.2) is 4.79 Å². The highest BCUT2D eigenvalue weighted by atomic mass is 16.6. The minimum Gasteiger partial charge on any atom is -0.444 e. The quantitative estimate of drug-likeness (QED) is 0.812. The minimum atomic E-state index is -0.455. The fourth-order valence-electron chi connectivity index (χ4n) is 3.62. The molecule has 3 aliphatic rings. The first kappa shape index (κ1) is 15.8. The summed E-state index contributed by atoms with van der Waals surface area (Å²) in [6, 6.07) is 0.624. The number of carbonyl (C=O) groups is 1. The largest absolute Gasteiger partial charge is 0.444 e. The molecule has 1 saturated heterocycles. The average Bonchev–Trinajstić information content (AvgIpc) is 2.79. The van der Waals surface area contributed by atoms with Crippen molar-refractivity contribution < 1.29 is 14.3 Å². The molecule has 0 bridgehead atoms. The Balaban J connectivity index is 1.51. The van der Waals surface area contributed by atoms with Crippen molar-refractivity contribution in [1.82, 2.24) is 10.2 Å². The summed E-state index contributed by atoms with van der Waals surface area (Å²) >= 11 is 0. The van der Waals surface area contributed by atoms with Gasteiger partial charge in [-0.15, -0.1) is 0 Å². The average molecular weight is 308 g/mol. The third-order valence-electron chi connectivity index (χ3n) is 4.83. The van der Waals surface area contributed by atoms with Crippen LogP contribution in [-0.4, -0.2) is 55.0 Å². The predicted octanol–water partition coefficient (Wildman–Crippen LogP) is 2.18. The topological polar surface area (TPSA) is 50.8 Å². The highest BCUT2D eigenvalue weighted by Crippen LogP contribution is 2.42. The molecule has 2 aliphatic carbocycles. The summed E-state index contributed by atoms with van der Waals surface area (Å²) in [6.45, 7) is 8.27. The van der Waals surface area contributed by atoms with E-state index in [0.717, 1.165) is 12.5 Å². The van der Waals surface area contributed by atoms with Crippen LogP contribution >= 0.6 is 0 Å². The van der Waals surface area contributed by atoms with Gasteiger partial charge in [0.25, 0.3) is 0 Å². The van der Waals surface area contributed by atoms with Gasteiger partial charge in [-0.1, -0.05) is 12.2 Å². The predicted molar refractivity (Wildman–Crippen MR) is 84.7 cm³/mol. The van der Waals surface area contributed by atoms with Crippen molar-refractivity contribution in [3.8, 4) is 0 Å². The zero-order chi connectivity index (χ0) is 15.7. The van der Waals surface area contributed by atoms with E-state index in [2.05, 4.69) is 17.5 Å². The van der Waals surface area contributed by atoms with Gasteiger partial charge in [-0.05, 0) is 45.4 Å². The second-order valence-corrected chi connectivity index (χ2v) is 7.65. The summed E-state index contributed by atoms with van der Waals surface area (Å²) in [5.74, 6) is 1.54. The van der Waals surface area contributed by atoms with Crippen molar-refractivity contribution >= 4 is 6.09 Å². The molecule has 4 unspecified atom stereocenters. The summed E-state index contributed by atoms with van der Waals surface area (Å²) < 4.78 is 11.1. The van der Waals surface area contributed by atoms with Crippen LogP contribution < -0.4 is 5.32 Å². The number of allylic oxidation sites excluding steroid dienone is 1. The van der Waals surface area contributed by atoms with Crippen molar-refractivity contribution in [3.05, 3.63) is 12.2 Å². The maximum Gasteiger partial charge on any atom is 0.410 e. The number of morpholine rings is 1. The van der Waals surface area contributed by atoms with Crippen molar-refractivity contribution in [2.45, 2.75) is 51.3 Å². The summed E-state index contributed by atoms with van der Waals surface area (Å²) in [6.07, 6.45) is 6.90. The molecule has 1 aliphatic heterocycles. The van der Waals surface area contributed by atoms with E-state index >= 15 is 0 Å². The molecule has 1 saturated carbocycles. The van der Waals surface area contributed by atoms with Crippen LogP contribution in [0, 0.1) is 11.8 Å². The van der Waals surface area contributed by atoms with Crippen LogP contribution in [0.15, 0.2) is 12.2 Å². The number of ether oxygens (including phenoxy) is 2. The number of fused-ring (bicyclic) bond motifs is 1. The number of hydrogen-bond acceptors (Lipinski definition) is 4. The molecule has 1 amide bonds. The Morgan fingerprint density at radius 1 is 1.45 bits per heavy atom. The van der Waals surface area contributed by atoms with Gasteiger partial charge < -0.3 is 14.8 Å². The Kier molecular flexibility index (Phi) is 4.46. The molecular formula is C17H28N2O3. The van der Waals surface area contributed by atoms with Crippen molar-refractivity contribution in [2.75, 3.05) is 26.3 Å². The Morgan fingerprint density at radius 3 is 3.00 bits per heavy atom. The van der Waals surface area contributed by atoms with Gasteiger partial charge in [0, 0.05) is 19.1 Å². The molecular weight excluding hydrogens is 280 g/mol. The first-order chi connectivity index (χ1) is 10.4. The van der Waals surface area contributed by atoms with Gasteiger partial charge in [0.1, 0.15) is 5.60 Å². The van der Waals surface area contributed by atoms with Crippen molar-refractivity contribution in [2.24, 2.45) is 11.8 Å². The minimum absolute atomic E-state index is 0.0630. The summed E-state index contributed by atoms with van der Waals surface area (Å²) in [7, 11) is 0. The van der Waals surface area contributed by atoms with Crippen molar-refractivity contribution in [1.29, 1.82) is 0 Å². The smallest absolute Gasteiger partial charge is 0.410 e. The Labute approximate surface area is 133 Å². The molecule has 5 heteroatoms. The maximum absolute atomic E-state index is 12.3. The van der Waals surface area contributed by atoms with Crippen LogP contribution in [0.25, 0.3) is 0 Å². The van der Waals surface area contributed by atoms with Gasteiger partial charge in [-0.3, -0.25) is 4.90 Å². The first-order valence-electron chi connectivity index (χ1n) is 8.41. The molecule has 0 aromatic rings. The number of hydrogen-bond donors (Lipinski definition) is 1. The van der Waals surface area contributed by atoms with Crippen LogP contribution in [0.1, 0.15) is 33.6 Å². The van der Waals surface area contributed by atoms with E-state index in [1.165, 1.54) is 12.8 Å². The summed E-state index contributed by atoms with van der Waals surface area (Å²) in [4.78, 5) is 14.2. The molecule has 124 valence electrons. The van der Waals surface area contributed by atoms with Gasteiger partial charge in [-0.2, -0.15) is 0 Å². The van der Waals surface area contributed by atoms with E-state index in [1.54, 1.807) is 0 Å². The number of nitrogens with one attached hydrogen (secondary N) is 1. The third-order valence-corrected chi connectivity index (χ3v) is 4.83. The molecule has 1 N–H and O–H groups in total. The van der Waals surface area contributed by atoms with E-state index in [1.807, 2.05) is 25.7 Å². The number of nitrogens with zero attached hydrogens (tertiary/aromatic N) is 1. The maximum atomic E-state index is 12.3. The van der Waals surface area contributed by atoms with E-state index in [9.17, 15) is 4.79 Å². The SMILES string of the molecule is CC(C)(C)OC(=O)N1CCOCC1CNC1CC2CC=CC21. The molecule has 22 heavy (non-hydrogen) atoms. The van der Waals surface area contributed by atoms with Gasteiger partial charge >= 0.3 is 6.09 Å².